The van der Waals surface area contributed by atoms with Crippen LogP contribution in [0.3, 0.4) is 0 Å². The maximum atomic E-state index is 12.0. The Hall–Kier alpha value is -1.52. The summed E-state index contributed by atoms with van der Waals surface area (Å²) in [6, 6.07) is 6.42. The summed E-state index contributed by atoms with van der Waals surface area (Å²) in [6.07, 6.45) is 0. The molecule has 0 bridgehead atoms. The molecule has 0 saturated heterocycles. The van der Waals surface area contributed by atoms with Crippen LogP contribution in [0.1, 0.15) is 26.3 Å². The average Bonchev–Trinajstić information content (AvgIpc) is 2.61. The molecule has 0 fully saturated rings. The van der Waals surface area contributed by atoms with E-state index in [1.54, 1.807) is 12.1 Å². The van der Waals surface area contributed by atoms with Gasteiger partial charge >= 0.3 is 5.97 Å². The van der Waals surface area contributed by atoms with E-state index in [1.165, 1.54) is 12.1 Å². The van der Waals surface area contributed by atoms with Crippen molar-refractivity contribution in [1.82, 2.24) is 0 Å². The molecule has 0 aromatic heterocycles. The lowest BCUT2D eigenvalue weighted by atomic mass is 9.81. The molecule has 1 rings (SSSR count). The molecule has 1 N–H and O–H groups in total. The summed E-state index contributed by atoms with van der Waals surface area (Å²) in [4.78, 5) is 11.3. The molecule has 1 aromatic rings. The van der Waals surface area contributed by atoms with E-state index in [4.69, 9.17) is 18.4 Å². The van der Waals surface area contributed by atoms with Crippen molar-refractivity contribution in [2.45, 2.75) is 32.6 Å². The number of carboxylic acids is 1. The quantitative estimate of drug-likeness (QED) is 0.353. The van der Waals surface area contributed by atoms with Gasteiger partial charge in [-0.2, -0.15) is 8.42 Å². The Morgan fingerprint density at radius 1 is 0.931 bits per heavy atom. The van der Waals surface area contributed by atoms with Crippen molar-refractivity contribution < 1.29 is 36.7 Å². The smallest absolute Gasteiger partial charge is 0.309 e. The van der Waals surface area contributed by atoms with Gasteiger partial charge in [0.15, 0.2) is 0 Å². The Morgan fingerprint density at radius 2 is 1.41 bits per heavy atom. The van der Waals surface area contributed by atoms with Crippen LogP contribution in [0.2, 0.25) is 0 Å². The lowest BCUT2D eigenvalue weighted by molar-refractivity contribution is -0.148. The summed E-state index contributed by atoms with van der Waals surface area (Å²) in [6.45, 7) is 8.83. The zero-order valence-corrected chi connectivity index (χ0v) is 18.4. The highest BCUT2D eigenvalue weighted by Crippen LogP contribution is 2.26. The van der Waals surface area contributed by atoms with Gasteiger partial charge in [-0.15, -0.1) is 0 Å². The Bertz CT molecular complexity index is 707. The molecule has 1 atom stereocenters. The third-order valence-corrected chi connectivity index (χ3v) is 5.47. The first-order valence-corrected chi connectivity index (χ1v) is 10.9. The van der Waals surface area contributed by atoms with Crippen molar-refractivity contribution in [2.75, 3.05) is 46.2 Å². The molecule has 29 heavy (non-hydrogen) atoms. The summed E-state index contributed by atoms with van der Waals surface area (Å²) >= 11 is 0. The van der Waals surface area contributed by atoms with Gasteiger partial charge < -0.3 is 19.3 Å². The number of ether oxygens (including phenoxy) is 3. The molecule has 1 aromatic carbocycles. The van der Waals surface area contributed by atoms with Crippen LogP contribution in [0, 0.1) is 18.3 Å². The van der Waals surface area contributed by atoms with Gasteiger partial charge in [0.1, 0.15) is 0 Å². The summed E-state index contributed by atoms with van der Waals surface area (Å²) in [5.74, 6) is -1.46. The minimum absolute atomic E-state index is 0.0807. The fourth-order valence-electron chi connectivity index (χ4n) is 2.31. The maximum absolute atomic E-state index is 12.0. The van der Waals surface area contributed by atoms with Gasteiger partial charge in [0.25, 0.3) is 10.1 Å². The summed E-state index contributed by atoms with van der Waals surface area (Å²) in [7, 11) is -3.78. The highest BCUT2D eigenvalue weighted by Gasteiger charge is 2.31. The van der Waals surface area contributed by atoms with Crippen LogP contribution in [0.15, 0.2) is 29.2 Å². The second kappa shape index (κ2) is 12.2. The molecule has 0 saturated carbocycles. The molecular weight excluding hydrogens is 400 g/mol. The topological polar surface area (TPSA) is 108 Å². The second-order valence-corrected chi connectivity index (χ2v) is 9.26. The summed E-state index contributed by atoms with van der Waals surface area (Å²) in [5, 5.41) is 9.20. The SMILES string of the molecule is Cc1ccc(S(=O)(=O)OCCOCCOCCOCC(C(=O)O)C(C)(C)C)cc1. The zero-order valence-electron chi connectivity index (χ0n) is 17.5. The highest BCUT2D eigenvalue weighted by atomic mass is 32.2. The monoisotopic (exact) mass is 432 g/mol. The van der Waals surface area contributed by atoms with E-state index >= 15 is 0 Å². The van der Waals surface area contributed by atoms with Crippen LogP contribution >= 0.6 is 0 Å². The molecule has 8 nitrogen and oxygen atoms in total. The average molecular weight is 433 g/mol. The first-order chi connectivity index (χ1) is 13.5. The van der Waals surface area contributed by atoms with Gasteiger partial charge in [-0.1, -0.05) is 38.5 Å². The molecule has 1 unspecified atom stereocenters. The van der Waals surface area contributed by atoms with E-state index in [0.29, 0.717) is 13.2 Å². The van der Waals surface area contributed by atoms with E-state index in [2.05, 4.69) is 0 Å². The van der Waals surface area contributed by atoms with E-state index in [-0.39, 0.29) is 43.3 Å². The zero-order chi connectivity index (χ0) is 21.9. The number of carbonyl (C=O) groups is 1. The fraction of sp³-hybridized carbons (Fsp3) is 0.650. The van der Waals surface area contributed by atoms with Gasteiger partial charge in [0.05, 0.1) is 57.1 Å². The predicted octanol–water partition coefficient (Wildman–Crippen LogP) is 2.50. The number of hydrogen-bond donors (Lipinski definition) is 1. The fourth-order valence-corrected chi connectivity index (χ4v) is 3.20. The van der Waals surface area contributed by atoms with E-state index in [0.717, 1.165) is 5.56 Å². The first-order valence-electron chi connectivity index (χ1n) is 9.46. The normalized spacial score (nSPS) is 13.4. The van der Waals surface area contributed by atoms with Crippen molar-refractivity contribution in [1.29, 1.82) is 0 Å². The maximum Gasteiger partial charge on any atom is 0.309 e. The predicted molar refractivity (Wildman–Crippen MR) is 107 cm³/mol. The van der Waals surface area contributed by atoms with Crippen molar-refractivity contribution in [3.63, 3.8) is 0 Å². The number of aryl methyl sites for hydroxylation is 1. The van der Waals surface area contributed by atoms with Crippen LogP contribution < -0.4 is 0 Å². The Labute approximate surface area is 173 Å². The number of carboxylic acid groups (broad SMARTS) is 1. The number of rotatable bonds is 14. The van der Waals surface area contributed by atoms with Crippen molar-refractivity contribution in [3.8, 4) is 0 Å². The molecule has 0 aliphatic heterocycles. The molecule has 9 heteroatoms. The number of hydrogen-bond acceptors (Lipinski definition) is 7. The molecule has 0 spiro atoms. The highest BCUT2D eigenvalue weighted by molar-refractivity contribution is 7.86. The Morgan fingerprint density at radius 3 is 1.90 bits per heavy atom. The third kappa shape index (κ3) is 10.2. The minimum Gasteiger partial charge on any atom is -0.481 e. The summed E-state index contributed by atoms with van der Waals surface area (Å²) in [5.41, 5.74) is 0.587. The molecule has 166 valence electrons. The van der Waals surface area contributed by atoms with Crippen LogP contribution in [0.4, 0.5) is 0 Å². The van der Waals surface area contributed by atoms with Gasteiger partial charge in [-0.3, -0.25) is 8.98 Å². The lowest BCUT2D eigenvalue weighted by Gasteiger charge is -2.26. The van der Waals surface area contributed by atoms with Crippen LogP contribution in [0.5, 0.6) is 0 Å². The van der Waals surface area contributed by atoms with Crippen LogP contribution in [-0.2, 0) is 33.3 Å². The molecule has 0 amide bonds. The van der Waals surface area contributed by atoms with Crippen molar-refractivity contribution >= 4 is 16.1 Å². The Balaban J connectivity index is 2.06. The van der Waals surface area contributed by atoms with Crippen molar-refractivity contribution in [3.05, 3.63) is 29.8 Å². The van der Waals surface area contributed by atoms with E-state index < -0.39 is 22.0 Å². The Kier molecular flexibility index (Phi) is 10.8. The van der Waals surface area contributed by atoms with Gasteiger partial charge in [0.2, 0.25) is 0 Å². The molecular formula is C20H32O8S. The number of aliphatic carboxylic acids is 1. The van der Waals surface area contributed by atoms with Crippen LogP contribution in [0.25, 0.3) is 0 Å². The van der Waals surface area contributed by atoms with E-state index in [1.807, 2.05) is 27.7 Å². The molecule has 0 heterocycles. The minimum atomic E-state index is -3.78. The third-order valence-electron chi connectivity index (χ3n) is 4.15. The molecule has 0 aliphatic rings. The van der Waals surface area contributed by atoms with Crippen molar-refractivity contribution in [2.24, 2.45) is 11.3 Å². The largest absolute Gasteiger partial charge is 0.481 e. The molecule has 0 radical (unpaired) electrons. The van der Waals surface area contributed by atoms with Gasteiger partial charge in [0, 0.05) is 0 Å². The second-order valence-electron chi connectivity index (χ2n) is 7.65. The van der Waals surface area contributed by atoms with Gasteiger partial charge in [-0.05, 0) is 24.5 Å². The lowest BCUT2D eigenvalue weighted by Crippen LogP contribution is -2.32. The molecule has 0 aliphatic carbocycles. The summed E-state index contributed by atoms with van der Waals surface area (Å²) < 4.78 is 44.9. The number of benzene rings is 1. The van der Waals surface area contributed by atoms with Crippen LogP contribution in [-0.4, -0.2) is 65.7 Å². The van der Waals surface area contributed by atoms with Gasteiger partial charge in [-0.25, -0.2) is 0 Å². The first kappa shape index (κ1) is 25.5. The standard InChI is InChI=1S/C20H32O8S/c1-16-5-7-17(8-6-16)29(23,24)28-14-13-26-10-9-25-11-12-27-15-18(19(21)22)20(2,3)4/h5-8,18H,9-15H2,1-4H3,(H,21,22). The van der Waals surface area contributed by atoms with E-state index in [9.17, 15) is 18.3 Å².